The first-order valence-corrected chi connectivity index (χ1v) is 8.36. The molecule has 4 heterocycles. The molecule has 0 aliphatic rings. The zero-order valence-corrected chi connectivity index (χ0v) is 15.3. The number of nitrogens with two attached hydrogens (primary N) is 1. The number of primary amides is 1. The van der Waals surface area contributed by atoms with Gasteiger partial charge in [0.25, 0.3) is 0 Å². The van der Waals surface area contributed by atoms with Crippen molar-refractivity contribution in [2.75, 3.05) is 0 Å². The van der Waals surface area contributed by atoms with Crippen molar-refractivity contribution in [3.8, 4) is 29.0 Å². The minimum absolute atomic E-state index is 0.0956. The summed E-state index contributed by atoms with van der Waals surface area (Å²) in [5, 5.41) is 17.7. The second-order valence-electron chi connectivity index (χ2n) is 6.12. The molecule has 29 heavy (non-hydrogen) atoms. The van der Waals surface area contributed by atoms with Gasteiger partial charge in [-0.15, -0.1) is 0 Å². The molecule has 0 fully saturated rings. The number of pyridine rings is 1. The number of nitrogens with zero attached hydrogens (tertiary/aromatic N) is 7. The highest BCUT2D eigenvalue weighted by Gasteiger charge is 2.17. The van der Waals surface area contributed by atoms with Gasteiger partial charge in [-0.3, -0.25) is 14.5 Å². The molecule has 0 radical (unpaired) electrons. The Hall–Kier alpha value is -4.52. The summed E-state index contributed by atoms with van der Waals surface area (Å²) in [5.41, 5.74) is 7.73. The van der Waals surface area contributed by atoms with Gasteiger partial charge >= 0.3 is 0 Å². The molecule has 0 saturated carbocycles. The van der Waals surface area contributed by atoms with E-state index in [-0.39, 0.29) is 11.5 Å². The second kappa shape index (κ2) is 6.90. The second-order valence-corrected chi connectivity index (χ2v) is 6.12. The molecule has 0 atom stereocenters. The van der Waals surface area contributed by atoms with E-state index in [0.717, 1.165) is 5.56 Å². The van der Waals surface area contributed by atoms with Gasteiger partial charge in [-0.2, -0.15) is 15.5 Å². The largest absolute Gasteiger partial charge is 0.435 e. The van der Waals surface area contributed by atoms with E-state index in [1.54, 1.807) is 42.5 Å². The molecule has 0 spiro atoms. The van der Waals surface area contributed by atoms with Gasteiger partial charge < -0.3 is 10.5 Å². The molecule has 0 aliphatic heterocycles. The number of amides is 1. The van der Waals surface area contributed by atoms with Gasteiger partial charge in [0, 0.05) is 18.8 Å². The third-order valence-electron chi connectivity index (χ3n) is 4.14. The van der Waals surface area contributed by atoms with Crippen LogP contribution in [0.15, 0.2) is 49.7 Å². The molecular formula is C19H14N8O2. The molecule has 142 valence electrons. The van der Waals surface area contributed by atoms with Gasteiger partial charge in [0.2, 0.25) is 11.8 Å². The van der Waals surface area contributed by atoms with Crippen LogP contribution in [0.3, 0.4) is 0 Å². The molecule has 4 rings (SSSR count). The number of rotatable bonds is 5. The maximum Gasteiger partial charge on any atom is 0.250 e. The van der Waals surface area contributed by atoms with Crippen LogP contribution < -0.4 is 10.5 Å². The van der Waals surface area contributed by atoms with Gasteiger partial charge in [0.15, 0.2) is 0 Å². The minimum Gasteiger partial charge on any atom is -0.435 e. The standard InChI is InChI=1S/C19H14N8O2/c1-11(18(21)28)15-4-3-14(8-22-15)29-19-17-12(5-20)6-24-27(17)10-16(25-19)13-7-23-26(2)9-13/h3-4,6-10H,1H2,2H3,(H2,21,28). The van der Waals surface area contributed by atoms with Crippen molar-refractivity contribution in [1.29, 1.82) is 5.26 Å². The first-order valence-electron chi connectivity index (χ1n) is 8.36. The van der Waals surface area contributed by atoms with Crippen LogP contribution in [0.4, 0.5) is 0 Å². The highest BCUT2D eigenvalue weighted by atomic mass is 16.5. The zero-order chi connectivity index (χ0) is 20.5. The molecule has 4 aromatic rings. The van der Waals surface area contributed by atoms with E-state index in [0.29, 0.717) is 28.2 Å². The van der Waals surface area contributed by atoms with Crippen molar-refractivity contribution in [2.45, 2.75) is 0 Å². The molecule has 0 bridgehead atoms. The number of aryl methyl sites for hydroxylation is 1. The van der Waals surface area contributed by atoms with Gasteiger partial charge in [-0.1, -0.05) is 6.58 Å². The van der Waals surface area contributed by atoms with Crippen molar-refractivity contribution in [1.82, 2.24) is 29.4 Å². The van der Waals surface area contributed by atoms with Crippen LogP contribution in [0.2, 0.25) is 0 Å². The summed E-state index contributed by atoms with van der Waals surface area (Å²) >= 11 is 0. The highest BCUT2D eigenvalue weighted by molar-refractivity contribution is 6.17. The van der Waals surface area contributed by atoms with E-state index < -0.39 is 5.91 Å². The van der Waals surface area contributed by atoms with Crippen molar-refractivity contribution in [3.63, 3.8) is 0 Å². The van der Waals surface area contributed by atoms with Crippen LogP contribution in [0, 0.1) is 11.3 Å². The van der Waals surface area contributed by atoms with Gasteiger partial charge in [0.1, 0.15) is 22.9 Å². The van der Waals surface area contributed by atoms with E-state index in [4.69, 9.17) is 10.5 Å². The Morgan fingerprint density at radius 3 is 2.69 bits per heavy atom. The quantitative estimate of drug-likeness (QED) is 0.515. The number of carbonyl (C=O) groups is 1. The lowest BCUT2D eigenvalue weighted by Crippen LogP contribution is -2.12. The fourth-order valence-corrected chi connectivity index (χ4v) is 2.68. The molecule has 0 aliphatic carbocycles. The number of carbonyl (C=O) groups excluding carboxylic acids is 1. The predicted octanol–water partition coefficient (Wildman–Crippen LogP) is 1.69. The topological polar surface area (TPSA) is 137 Å². The Morgan fingerprint density at radius 2 is 2.07 bits per heavy atom. The van der Waals surface area contributed by atoms with Crippen LogP contribution in [-0.2, 0) is 11.8 Å². The van der Waals surface area contributed by atoms with Crippen molar-refractivity contribution >= 4 is 17.0 Å². The van der Waals surface area contributed by atoms with Crippen molar-refractivity contribution < 1.29 is 9.53 Å². The minimum atomic E-state index is -0.656. The Bertz CT molecular complexity index is 1290. The molecule has 4 aromatic heterocycles. The van der Waals surface area contributed by atoms with Crippen LogP contribution in [0.5, 0.6) is 11.6 Å². The van der Waals surface area contributed by atoms with Crippen LogP contribution in [-0.4, -0.2) is 35.3 Å². The lowest BCUT2D eigenvalue weighted by molar-refractivity contribution is -0.112. The number of hydrogen-bond acceptors (Lipinski definition) is 7. The number of fused-ring (bicyclic) bond motifs is 1. The van der Waals surface area contributed by atoms with Crippen LogP contribution in [0.1, 0.15) is 11.3 Å². The Balaban J connectivity index is 1.77. The molecule has 10 heteroatoms. The SMILES string of the molecule is C=C(C(N)=O)c1ccc(Oc2nc(-c3cnn(C)c3)cn3ncc(C#N)c23)cn1. The third kappa shape index (κ3) is 3.28. The summed E-state index contributed by atoms with van der Waals surface area (Å²) in [6.07, 6.45) is 8.02. The highest BCUT2D eigenvalue weighted by Crippen LogP contribution is 2.29. The monoisotopic (exact) mass is 386 g/mol. The zero-order valence-electron chi connectivity index (χ0n) is 15.3. The maximum absolute atomic E-state index is 11.2. The summed E-state index contributed by atoms with van der Waals surface area (Å²) in [4.78, 5) is 19.9. The molecule has 0 unspecified atom stereocenters. The van der Waals surface area contributed by atoms with Crippen LogP contribution in [0.25, 0.3) is 22.3 Å². The smallest absolute Gasteiger partial charge is 0.250 e. The van der Waals surface area contributed by atoms with Gasteiger partial charge in [0.05, 0.1) is 41.7 Å². The summed E-state index contributed by atoms with van der Waals surface area (Å²) in [6, 6.07) is 5.24. The van der Waals surface area contributed by atoms with E-state index >= 15 is 0 Å². The molecule has 0 saturated heterocycles. The molecule has 0 aromatic carbocycles. The Labute approximate surface area is 164 Å². The fourth-order valence-electron chi connectivity index (χ4n) is 2.68. The summed E-state index contributed by atoms with van der Waals surface area (Å²) in [5.74, 6) is -0.117. The Kier molecular flexibility index (Phi) is 4.25. The van der Waals surface area contributed by atoms with E-state index in [2.05, 4.69) is 32.8 Å². The average Bonchev–Trinajstić information content (AvgIpc) is 3.34. The van der Waals surface area contributed by atoms with E-state index in [1.807, 2.05) is 0 Å². The van der Waals surface area contributed by atoms with E-state index in [1.165, 1.54) is 16.9 Å². The lowest BCUT2D eigenvalue weighted by Gasteiger charge is -2.09. The molecular weight excluding hydrogens is 372 g/mol. The van der Waals surface area contributed by atoms with Crippen LogP contribution >= 0.6 is 0 Å². The lowest BCUT2D eigenvalue weighted by atomic mass is 10.2. The van der Waals surface area contributed by atoms with Gasteiger partial charge in [-0.25, -0.2) is 9.50 Å². The van der Waals surface area contributed by atoms with Crippen molar-refractivity contribution in [3.05, 3.63) is 61.0 Å². The number of nitriles is 1. The Morgan fingerprint density at radius 1 is 1.24 bits per heavy atom. The predicted molar refractivity (Wildman–Crippen MR) is 102 cm³/mol. The number of aromatic nitrogens is 6. The first-order chi connectivity index (χ1) is 14.0. The normalized spacial score (nSPS) is 10.6. The molecule has 10 nitrogen and oxygen atoms in total. The van der Waals surface area contributed by atoms with E-state index in [9.17, 15) is 10.1 Å². The molecule has 1 amide bonds. The third-order valence-corrected chi connectivity index (χ3v) is 4.14. The number of hydrogen-bond donors (Lipinski definition) is 1. The average molecular weight is 386 g/mol. The fraction of sp³-hybridized carbons (Fsp3) is 0.0526. The maximum atomic E-state index is 11.2. The van der Waals surface area contributed by atoms with Crippen molar-refractivity contribution in [2.24, 2.45) is 12.8 Å². The first kappa shape index (κ1) is 17.9. The summed E-state index contributed by atoms with van der Waals surface area (Å²) in [6.45, 7) is 3.60. The summed E-state index contributed by atoms with van der Waals surface area (Å²) < 4.78 is 9.08. The molecule has 2 N–H and O–H groups in total. The van der Waals surface area contributed by atoms with Gasteiger partial charge in [-0.05, 0) is 12.1 Å². The number of ether oxygens (including phenoxy) is 1. The summed E-state index contributed by atoms with van der Waals surface area (Å²) in [7, 11) is 1.80.